The van der Waals surface area contributed by atoms with Gasteiger partial charge in [-0.25, -0.2) is 0 Å². The number of amides is 1. The van der Waals surface area contributed by atoms with Crippen LogP contribution in [0, 0.1) is 0 Å². The zero-order chi connectivity index (χ0) is 11.3. The topological polar surface area (TPSA) is 55.1 Å². The highest BCUT2D eigenvalue weighted by Gasteiger charge is 2.15. The zero-order valence-corrected chi connectivity index (χ0v) is 9.81. The van der Waals surface area contributed by atoms with Gasteiger partial charge in [0.1, 0.15) is 0 Å². The number of carbonyl (C=O) groups excluding carboxylic acids is 1. The van der Waals surface area contributed by atoms with Crippen LogP contribution in [0.4, 0.5) is 0 Å². The molecular weight excluding hydrogens is 188 g/mol. The second-order valence-corrected chi connectivity index (χ2v) is 5.02. The highest BCUT2D eigenvalue weighted by Crippen LogP contribution is 2.19. The van der Waals surface area contributed by atoms with E-state index < -0.39 is 5.54 Å². The van der Waals surface area contributed by atoms with Crippen LogP contribution in [-0.2, 0) is 4.79 Å². The Morgan fingerprint density at radius 3 is 2.87 bits per heavy atom. The molecule has 1 rings (SSSR count). The minimum absolute atomic E-state index is 0.0566. The van der Waals surface area contributed by atoms with Gasteiger partial charge in [0.25, 0.3) is 0 Å². The third-order valence-corrected chi connectivity index (χ3v) is 2.52. The smallest absolute Gasteiger partial charge is 0.221 e. The van der Waals surface area contributed by atoms with E-state index in [0.717, 1.165) is 13.0 Å². The van der Waals surface area contributed by atoms with Crippen LogP contribution in [0.25, 0.3) is 0 Å². The van der Waals surface area contributed by atoms with E-state index in [4.69, 9.17) is 5.73 Å². The van der Waals surface area contributed by atoms with E-state index in [-0.39, 0.29) is 5.91 Å². The van der Waals surface area contributed by atoms with Crippen molar-refractivity contribution in [2.45, 2.75) is 51.5 Å². The van der Waals surface area contributed by atoms with E-state index in [0.29, 0.717) is 6.42 Å². The molecule has 0 aromatic carbocycles. The van der Waals surface area contributed by atoms with Gasteiger partial charge in [-0.15, -0.1) is 0 Å². The molecule has 0 bridgehead atoms. The number of carbonyl (C=O) groups is 1. The molecule has 3 nitrogen and oxygen atoms in total. The first-order valence-electron chi connectivity index (χ1n) is 5.71. The standard InChI is InChI=1S/C12H22N2O/c1-12(2,13)9-11(15)14-8-7-10-5-3-4-6-10/h5H,3-4,6-9,13H2,1-2H3,(H,14,15). The third kappa shape index (κ3) is 5.57. The Kier molecular flexibility index (Phi) is 4.33. The monoisotopic (exact) mass is 210 g/mol. The first kappa shape index (κ1) is 12.2. The summed E-state index contributed by atoms with van der Waals surface area (Å²) in [6.07, 6.45) is 7.37. The predicted octanol–water partition coefficient (Wildman–Crippen LogP) is 1.73. The summed E-state index contributed by atoms with van der Waals surface area (Å²) in [7, 11) is 0. The SMILES string of the molecule is CC(C)(N)CC(=O)NCCC1=CCCC1. The average molecular weight is 210 g/mol. The van der Waals surface area contributed by atoms with Gasteiger partial charge in [0, 0.05) is 18.5 Å². The minimum atomic E-state index is -0.406. The van der Waals surface area contributed by atoms with Gasteiger partial charge in [-0.2, -0.15) is 0 Å². The second-order valence-electron chi connectivity index (χ2n) is 5.02. The summed E-state index contributed by atoms with van der Waals surface area (Å²) in [4.78, 5) is 11.4. The van der Waals surface area contributed by atoms with Crippen molar-refractivity contribution in [1.29, 1.82) is 0 Å². The molecule has 86 valence electrons. The highest BCUT2D eigenvalue weighted by molar-refractivity contribution is 5.77. The molecule has 0 saturated carbocycles. The van der Waals surface area contributed by atoms with Crippen molar-refractivity contribution in [3.63, 3.8) is 0 Å². The van der Waals surface area contributed by atoms with Gasteiger partial charge in [0.05, 0.1) is 0 Å². The van der Waals surface area contributed by atoms with Crippen LogP contribution in [0.2, 0.25) is 0 Å². The molecule has 0 aromatic heterocycles. The lowest BCUT2D eigenvalue weighted by molar-refractivity contribution is -0.121. The number of rotatable bonds is 5. The molecule has 15 heavy (non-hydrogen) atoms. The van der Waals surface area contributed by atoms with Crippen LogP contribution >= 0.6 is 0 Å². The molecule has 0 aliphatic heterocycles. The molecule has 0 heterocycles. The fourth-order valence-electron chi connectivity index (χ4n) is 1.80. The van der Waals surface area contributed by atoms with E-state index in [2.05, 4.69) is 11.4 Å². The van der Waals surface area contributed by atoms with E-state index >= 15 is 0 Å². The Morgan fingerprint density at radius 2 is 2.33 bits per heavy atom. The van der Waals surface area contributed by atoms with Gasteiger partial charge >= 0.3 is 0 Å². The summed E-state index contributed by atoms with van der Waals surface area (Å²) in [5.74, 6) is 0.0566. The maximum atomic E-state index is 11.4. The van der Waals surface area contributed by atoms with Crippen LogP contribution < -0.4 is 11.1 Å². The van der Waals surface area contributed by atoms with Gasteiger partial charge in [-0.1, -0.05) is 11.6 Å². The molecule has 1 amide bonds. The van der Waals surface area contributed by atoms with Crippen molar-refractivity contribution in [3.05, 3.63) is 11.6 Å². The van der Waals surface area contributed by atoms with Gasteiger partial charge in [0.15, 0.2) is 0 Å². The number of nitrogens with two attached hydrogens (primary N) is 1. The fourth-order valence-corrected chi connectivity index (χ4v) is 1.80. The first-order valence-corrected chi connectivity index (χ1v) is 5.71. The fraction of sp³-hybridized carbons (Fsp3) is 0.750. The number of hydrogen-bond acceptors (Lipinski definition) is 2. The summed E-state index contributed by atoms with van der Waals surface area (Å²) in [6, 6.07) is 0. The molecule has 0 unspecified atom stereocenters. The minimum Gasteiger partial charge on any atom is -0.356 e. The van der Waals surface area contributed by atoms with E-state index in [1.807, 2.05) is 13.8 Å². The maximum absolute atomic E-state index is 11.4. The zero-order valence-electron chi connectivity index (χ0n) is 9.81. The summed E-state index contributed by atoms with van der Waals surface area (Å²) >= 11 is 0. The molecule has 0 aromatic rings. The van der Waals surface area contributed by atoms with Gasteiger partial charge in [0.2, 0.25) is 5.91 Å². The van der Waals surface area contributed by atoms with Crippen molar-refractivity contribution >= 4 is 5.91 Å². The van der Waals surface area contributed by atoms with Crippen molar-refractivity contribution < 1.29 is 4.79 Å². The van der Waals surface area contributed by atoms with Crippen LogP contribution in [-0.4, -0.2) is 18.0 Å². The van der Waals surface area contributed by atoms with Gasteiger partial charge < -0.3 is 11.1 Å². The Hall–Kier alpha value is -0.830. The first-order chi connectivity index (χ1) is 6.97. The lowest BCUT2D eigenvalue weighted by atomic mass is 10.0. The van der Waals surface area contributed by atoms with Crippen molar-refractivity contribution in [3.8, 4) is 0 Å². The Morgan fingerprint density at radius 1 is 1.60 bits per heavy atom. The van der Waals surface area contributed by atoms with Gasteiger partial charge in [-0.3, -0.25) is 4.79 Å². The van der Waals surface area contributed by atoms with Crippen LogP contribution in [0.15, 0.2) is 11.6 Å². The second kappa shape index (κ2) is 5.31. The van der Waals surface area contributed by atoms with Crippen LogP contribution in [0.5, 0.6) is 0 Å². The van der Waals surface area contributed by atoms with Crippen molar-refractivity contribution in [1.82, 2.24) is 5.32 Å². The number of nitrogens with one attached hydrogen (secondary N) is 1. The molecule has 0 spiro atoms. The summed E-state index contributed by atoms with van der Waals surface area (Å²) in [5, 5.41) is 2.91. The van der Waals surface area contributed by atoms with Crippen LogP contribution in [0.1, 0.15) is 46.0 Å². The lowest BCUT2D eigenvalue weighted by Crippen LogP contribution is -2.39. The normalized spacial score (nSPS) is 16.3. The predicted molar refractivity (Wildman–Crippen MR) is 62.4 cm³/mol. The Bertz CT molecular complexity index is 251. The average Bonchev–Trinajstić information content (AvgIpc) is 2.53. The molecule has 0 radical (unpaired) electrons. The summed E-state index contributed by atoms with van der Waals surface area (Å²) in [6.45, 7) is 4.49. The molecule has 0 saturated heterocycles. The van der Waals surface area contributed by atoms with E-state index in [1.54, 1.807) is 0 Å². The molecule has 3 heteroatoms. The quantitative estimate of drug-likeness (QED) is 0.679. The van der Waals surface area contributed by atoms with Crippen molar-refractivity contribution in [2.75, 3.05) is 6.54 Å². The van der Waals surface area contributed by atoms with Crippen molar-refractivity contribution in [2.24, 2.45) is 5.73 Å². The Labute approximate surface area is 92.1 Å². The largest absolute Gasteiger partial charge is 0.356 e. The summed E-state index contributed by atoms with van der Waals surface area (Å²) in [5.41, 5.74) is 6.84. The molecule has 0 atom stereocenters. The summed E-state index contributed by atoms with van der Waals surface area (Å²) < 4.78 is 0. The number of allylic oxidation sites excluding steroid dienone is 1. The third-order valence-electron chi connectivity index (χ3n) is 2.52. The Balaban J connectivity index is 2.12. The molecule has 0 fully saturated rings. The molecule has 1 aliphatic rings. The van der Waals surface area contributed by atoms with E-state index in [9.17, 15) is 4.79 Å². The lowest BCUT2D eigenvalue weighted by Gasteiger charge is -2.17. The van der Waals surface area contributed by atoms with Crippen LogP contribution in [0.3, 0.4) is 0 Å². The molecular formula is C12H22N2O. The van der Waals surface area contributed by atoms with E-state index in [1.165, 1.54) is 24.8 Å². The number of hydrogen-bond donors (Lipinski definition) is 2. The molecule has 1 aliphatic carbocycles. The maximum Gasteiger partial charge on any atom is 0.221 e. The highest BCUT2D eigenvalue weighted by atomic mass is 16.1. The van der Waals surface area contributed by atoms with Gasteiger partial charge in [-0.05, 0) is 39.5 Å². The molecule has 3 N–H and O–H groups in total.